The lowest BCUT2D eigenvalue weighted by molar-refractivity contribution is 0.0958. The van der Waals surface area contributed by atoms with Gasteiger partial charge in [0.05, 0.1) is 5.92 Å². The fourth-order valence-electron chi connectivity index (χ4n) is 2.79. The lowest BCUT2D eigenvalue weighted by atomic mass is 9.85. The van der Waals surface area contributed by atoms with Crippen molar-refractivity contribution in [1.82, 2.24) is 0 Å². The minimum atomic E-state index is -0.565. The van der Waals surface area contributed by atoms with Crippen molar-refractivity contribution in [3.63, 3.8) is 0 Å². The van der Waals surface area contributed by atoms with E-state index in [1.54, 1.807) is 48.5 Å². The molecule has 0 aromatic heterocycles. The number of ketones is 1. The summed E-state index contributed by atoms with van der Waals surface area (Å²) >= 11 is 0. The molecule has 24 heavy (non-hydrogen) atoms. The first-order chi connectivity index (χ1) is 11.6. The zero-order valence-electron chi connectivity index (χ0n) is 13.0. The van der Waals surface area contributed by atoms with Crippen LogP contribution < -0.4 is 0 Å². The van der Waals surface area contributed by atoms with Gasteiger partial charge in [0.1, 0.15) is 11.6 Å². The number of rotatable bonds is 5. The van der Waals surface area contributed by atoms with Gasteiger partial charge >= 0.3 is 0 Å². The Hall–Kier alpha value is -2.81. The van der Waals surface area contributed by atoms with Gasteiger partial charge in [-0.25, -0.2) is 8.78 Å². The summed E-state index contributed by atoms with van der Waals surface area (Å²) in [4.78, 5) is 12.9. The van der Waals surface area contributed by atoms with Gasteiger partial charge in [-0.1, -0.05) is 54.6 Å². The van der Waals surface area contributed by atoms with Crippen LogP contribution in [0.3, 0.4) is 0 Å². The molecule has 0 amide bonds. The summed E-state index contributed by atoms with van der Waals surface area (Å²) in [7, 11) is 0. The molecule has 1 unspecified atom stereocenters. The summed E-state index contributed by atoms with van der Waals surface area (Å²) in [6, 6.07) is 21.1. The summed E-state index contributed by atoms with van der Waals surface area (Å²) < 4.78 is 27.1. The molecule has 120 valence electrons. The first-order valence-electron chi connectivity index (χ1n) is 7.72. The van der Waals surface area contributed by atoms with Crippen LogP contribution in [0.15, 0.2) is 78.9 Å². The van der Waals surface area contributed by atoms with E-state index in [1.807, 2.05) is 6.07 Å². The van der Waals surface area contributed by atoms with Crippen LogP contribution in [0.5, 0.6) is 0 Å². The fourth-order valence-corrected chi connectivity index (χ4v) is 2.79. The fraction of sp³-hybridized carbons (Fsp3) is 0.0952. The summed E-state index contributed by atoms with van der Waals surface area (Å²) in [5.41, 5.74) is 1.85. The van der Waals surface area contributed by atoms with E-state index in [9.17, 15) is 13.6 Å². The molecule has 0 bridgehead atoms. The number of Topliss-reactive ketones (excluding diaryl/α,β-unsaturated/α-hetero) is 1. The maximum absolute atomic E-state index is 13.6. The molecule has 0 fully saturated rings. The van der Waals surface area contributed by atoms with E-state index in [2.05, 4.69) is 0 Å². The molecule has 3 aromatic rings. The topological polar surface area (TPSA) is 17.1 Å². The average Bonchev–Trinajstić information content (AvgIpc) is 2.60. The number of hydrogen-bond donors (Lipinski definition) is 0. The van der Waals surface area contributed by atoms with Crippen molar-refractivity contribution in [2.24, 2.45) is 0 Å². The molecule has 0 radical (unpaired) electrons. The number of halogens is 2. The van der Waals surface area contributed by atoms with E-state index in [1.165, 1.54) is 24.3 Å². The van der Waals surface area contributed by atoms with Crippen LogP contribution >= 0.6 is 0 Å². The number of carbonyl (C=O) groups is 1. The predicted molar refractivity (Wildman–Crippen MR) is 90.0 cm³/mol. The Balaban J connectivity index is 1.99. The van der Waals surface area contributed by atoms with E-state index < -0.39 is 11.7 Å². The Morgan fingerprint density at radius 3 is 2.12 bits per heavy atom. The highest BCUT2D eigenvalue weighted by atomic mass is 19.1. The zero-order chi connectivity index (χ0) is 16.9. The number of hydrogen-bond acceptors (Lipinski definition) is 1. The molecule has 0 aliphatic rings. The molecule has 0 aliphatic carbocycles. The minimum Gasteiger partial charge on any atom is -0.293 e. The molecular weight excluding hydrogens is 306 g/mol. The van der Waals surface area contributed by atoms with Crippen LogP contribution in [0.2, 0.25) is 0 Å². The van der Waals surface area contributed by atoms with Gasteiger partial charge in [0.25, 0.3) is 0 Å². The van der Waals surface area contributed by atoms with Crippen molar-refractivity contribution in [3.8, 4) is 0 Å². The molecule has 1 nitrogen and oxygen atoms in total. The maximum Gasteiger partial charge on any atom is 0.170 e. The highest BCUT2D eigenvalue weighted by Crippen LogP contribution is 2.26. The maximum atomic E-state index is 13.6. The Bertz CT molecular complexity index is 843. The second-order valence-corrected chi connectivity index (χ2v) is 5.67. The van der Waals surface area contributed by atoms with Gasteiger partial charge < -0.3 is 0 Å². The SMILES string of the molecule is O=C(c1ccccc1)C(Cc1cccc(F)c1)c1cccc(F)c1. The minimum absolute atomic E-state index is 0.106. The predicted octanol–water partition coefficient (Wildman–Crippen LogP) is 5.17. The monoisotopic (exact) mass is 322 g/mol. The van der Waals surface area contributed by atoms with Crippen molar-refractivity contribution in [1.29, 1.82) is 0 Å². The molecule has 1 atom stereocenters. The third-order valence-electron chi connectivity index (χ3n) is 3.95. The lowest BCUT2D eigenvalue weighted by Crippen LogP contribution is -2.16. The Morgan fingerprint density at radius 1 is 0.792 bits per heavy atom. The third kappa shape index (κ3) is 3.74. The van der Waals surface area contributed by atoms with Crippen molar-refractivity contribution in [2.45, 2.75) is 12.3 Å². The van der Waals surface area contributed by atoms with E-state index in [-0.39, 0.29) is 11.6 Å². The van der Waals surface area contributed by atoms with Crippen LogP contribution in [0.25, 0.3) is 0 Å². The second-order valence-electron chi connectivity index (χ2n) is 5.67. The standard InChI is InChI=1S/C21H16F2O/c22-18-10-4-6-15(12-18)13-20(17-9-5-11-19(23)14-17)21(24)16-7-2-1-3-8-16/h1-12,14,20H,13H2. The van der Waals surface area contributed by atoms with E-state index in [0.29, 0.717) is 23.1 Å². The summed E-state index contributed by atoms with van der Waals surface area (Å²) in [5, 5.41) is 0. The van der Waals surface area contributed by atoms with Crippen LogP contribution in [-0.4, -0.2) is 5.78 Å². The van der Waals surface area contributed by atoms with Gasteiger partial charge in [0.2, 0.25) is 0 Å². The molecule has 0 N–H and O–H groups in total. The summed E-state index contributed by atoms with van der Waals surface area (Å²) in [6.07, 6.45) is 0.314. The van der Waals surface area contributed by atoms with E-state index in [0.717, 1.165) is 0 Å². The van der Waals surface area contributed by atoms with Gasteiger partial charge in [-0.3, -0.25) is 4.79 Å². The largest absolute Gasteiger partial charge is 0.293 e. The molecular formula is C21H16F2O. The highest BCUT2D eigenvalue weighted by molar-refractivity contribution is 6.01. The van der Waals surface area contributed by atoms with Gasteiger partial charge in [0.15, 0.2) is 5.78 Å². The summed E-state index contributed by atoms with van der Waals surface area (Å²) in [5.74, 6) is -1.41. The van der Waals surface area contributed by atoms with Crippen LogP contribution in [0.1, 0.15) is 27.4 Å². The van der Waals surface area contributed by atoms with Crippen LogP contribution in [0, 0.1) is 11.6 Å². The lowest BCUT2D eigenvalue weighted by Gasteiger charge is -2.17. The van der Waals surface area contributed by atoms with Crippen molar-refractivity contribution < 1.29 is 13.6 Å². The average molecular weight is 322 g/mol. The number of benzene rings is 3. The van der Waals surface area contributed by atoms with Gasteiger partial charge in [-0.05, 0) is 41.8 Å². The van der Waals surface area contributed by atoms with Crippen molar-refractivity contribution >= 4 is 5.78 Å². The van der Waals surface area contributed by atoms with E-state index >= 15 is 0 Å². The molecule has 0 aliphatic heterocycles. The van der Waals surface area contributed by atoms with Crippen LogP contribution in [0.4, 0.5) is 8.78 Å². The molecule has 3 rings (SSSR count). The normalized spacial score (nSPS) is 11.9. The smallest absolute Gasteiger partial charge is 0.170 e. The van der Waals surface area contributed by atoms with E-state index in [4.69, 9.17) is 0 Å². The van der Waals surface area contributed by atoms with Crippen LogP contribution in [-0.2, 0) is 6.42 Å². The second kappa shape index (κ2) is 7.18. The first kappa shape index (κ1) is 16.1. The third-order valence-corrected chi connectivity index (χ3v) is 3.95. The Morgan fingerprint density at radius 2 is 1.46 bits per heavy atom. The zero-order valence-corrected chi connectivity index (χ0v) is 13.0. The summed E-state index contributed by atoms with van der Waals surface area (Å²) in [6.45, 7) is 0. The number of carbonyl (C=O) groups excluding carboxylic acids is 1. The first-order valence-corrected chi connectivity index (χ1v) is 7.72. The molecule has 0 heterocycles. The molecule has 0 saturated heterocycles. The van der Waals surface area contributed by atoms with Gasteiger partial charge in [0, 0.05) is 5.56 Å². The molecule has 0 spiro atoms. The highest BCUT2D eigenvalue weighted by Gasteiger charge is 2.23. The molecule has 3 aromatic carbocycles. The van der Waals surface area contributed by atoms with Gasteiger partial charge in [-0.2, -0.15) is 0 Å². The van der Waals surface area contributed by atoms with Crippen molar-refractivity contribution in [3.05, 3.63) is 107 Å². The Labute approximate surface area is 139 Å². The van der Waals surface area contributed by atoms with Crippen molar-refractivity contribution in [2.75, 3.05) is 0 Å². The Kier molecular flexibility index (Phi) is 4.80. The van der Waals surface area contributed by atoms with Gasteiger partial charge in [-0.15, -0.1) is 0 Å². The molecule has 0 saturated carbocycles. The quantitative estimate of drug-likeness (QED) is 0.592. The molecule has 3 heteroatoms.